The molecular formula is C18H20Cl2N2O2S. The van der Waals surface area contributed by atoms with Crippen LogP contribution in [0.3, 0.4) is 0 Å². The summed E-state index contributed by atoms with van der Waals surface area (Å²) < 4.78 is 27.3. The van der Waals surface area contributed by atoms with Gasteiger partial charge < -0.3 is 0 Å². The zero-order chi connectivity index (χ0) is 18.0. The van der Waals surface area contributed by atoms with Crippen molar-refractivity contribution in [3.63, 3.8) is 0 Å². The fraction of sp³-hybridized carbons (Fsp3) is 0.333. The Morgan fingerprint density at radius 2 is 1.44 bits per heavy atom. The molecule has 0 aliphatic carbocycles. The average Bonchev–Trinajstić information content (AvgIpc) is 2.61. The van der Waals surface area contributed by atoms with Crippen LogP contribution in [0.15, 0.2) is 53.4 Å². The highest BCUT2D eigenvalue weighted by atomic mass is 35.5. The van der Waals surface area contributed by atoms with E-state index in [1.54, 1.807) is 18.2 Å². The average molecular weight is 399 g/mol. The summed E-state index contributed by atoms with van der Waals surface area (Å²) in [7, 11) is -3.69. The molecule has 1 atom stereocenters. The molecule has 0 spiro atoms. The van der Waals surface area contributed by atoms with Crippen molar-refractivity contribution in [3.8, 4) is 0 Å². The molecule has 1 aliphatic heterocycles. The number of hydrogen-bond donors (Lipinski definition) is 0. The molecule has 0 aromatic heterocycles. The van der Waals surface area contributed by atoms with Gasteiger partial charge in [0.15, 0.2) is 0 Å². The van der Waals surface area contributed by atoms with Gasteiger partial charge in [0.05, 0.1) is 10.0 Å². The van der Waals surface area contributed by atoms with E-state index in [4.69, 9.17) is 23.2 Å². The van der Waals surface area contributed by atoms with E-state index in [-0.39, 0.29) is 21.0 Å². The van der Waals surface area contributed by atoms with E-state index in [1.807, 2.05) is 18.2 Å². The molecule has 1 saturated heterocycles. The van der Waals surface area contributed by atoms with Crippen LogP contribution in [0.2, 0.25) is 10.0 Å². The van der Waals surface area contributed by atoms with Crippen LogP contribution in [0.5, 0.6) is 0 Å². The van der Waals surface area contributed by atoms with Crippen LogP contribution in [-0.2, 0) is 10.0 Å². The summed E-state index contributed by atoms with van der Waals surface area (Å²) in [6.45, 7) is 4.31. The van der Waals surface area contributed by atoms with E-state index in [1.165, 1.54) is 9.87 Å². The van der Waals surface area contributed by atoms with Gasteiger partial charge in [-0.3, -0.25) is 4.90 Å². The standard InChI is InChI=1S/C18H20Cl2N2O2S/c1-14(15-6-3-2-4-7-15)21-10-12-22(13-11-21)25(23,24)18-16(19)8-5-9-17(18)20/h2-9,14H,10-13H2,1H3/t14-/m1/s1. The maximum atomic E-state index is 12.9. The molecule has 1 fully saturated rings. The molecule has 134 valence electrons. The second-order valence-corrected chi connectivity index (χ2v) is 8.77. The lowest BCUT2D eigenvalue weighted by Crippen LogP contribution is -2.49. The summed E-state index contributed by atoms with van der Waals surface area (Å²) in [6, 6.07) is 15.2. The van der Waals surface area contributed by atoms with E-state index in [9.17, 15) is 8.42 Å². The monoisotopic (exact) mass is 398 g/mol. The summed E-state index contributed by atoms with van der Waals surface area (Å²) >= 11 is 12.2. The minimum Gasteiger partial charge on any atom is -0.294 e. The van der Waals surface area contributed by atoms with Crippen molar-refractivity contribution in [1.82, 2.24) is 9.21 Å². The lowest BCUT2D eigenvalue weighted by Gasteiger charge is -2.37. The highest BCUT2D eigenvalue weighted by molar-refractivity contribution is 7.89. The van der Waals surface area contributed by atoms with E-state index in [2.05, 4.69) is 24.0 Å². The number of nitrogens with zero attached hydrogens (tertiary/aromatic N) is 2. The molecular weight excluding hydrogens is 379 g/mol. The van der Waals surface area contributed by atoms with Gasteiger partial charge in [-0.2, -0.15) is 4.31 Å². The van der Waals surface area contributed by atoms with Gasteiger partial charge in [-0.05, 0) is 24.6 Å². The van der Waals surface area contributed by atoms with E-state index in [0.29, 0.717) is 26.2 Å². The first-order chi connectivity index (χ1) is 11.9. The first-order valence-electron chi connectivity index (χ1n) is 8.14. The number of benzene rings is 2. The van der Waals surface area contributed by atoms with E-state index >= 15 is 0 Å². The molecule has 1 aliphatic rings. The second kappa shape index (κ2) is 7.64. The Bertz CT molecular complexity index is 815. The Balaban J connectivity index is 1.74. The Morgan fingerprint density at radius 3 is 2.00 bits per heavy atom. The normalized spacial score (nSPS) is 18.2. The van der Waals surface area contributed by atoms with Crippen LogP contribution in [0.4, 0.5) is 0 Å². The molecule has 0 unspecified atom stereocenters. The smallest absolute Gasteiger partial charge is 0.246 e. The van der Waals surface area contributed by atoms with Crippen molar-refractivity contribution < 1.29 is 8.42 Å². The third kappa shape index (κ3) is 3.86. The molecule has 0 amide bonds. The maximum absolute atomic E-state index is 12.9. The van der Waals surface area contributed by atoms with Gasteiger partial charge >= 0.3 is 0 Å². The van der Waals surface area contributed by atoms with Gasteiger partial charge in [-0.15, -0.1) is 0 Å². The maximum Gasteiger partial charge on any atom is 0.246 e. The molecule has 2 aromatic carbocycles. The molecule has 4 nitrogen and oxygen atoms in total. The minimum atomic E-state index is -3.69. The first-order valence-corrected chi connectivity index (χ1v) is 10.3. The molecule has 0 radical (unpaired) electrons. The van der Waals surface area contributed by atoms with E-state index < -0.39 is 10.0 Å². The lowest BCUT2D eigenvalue weighted by molar-refractivity contribution is 0.146. The fourth-order valence-corrected chi connectivity index (χ4v) is 5.65. The highest BCUT2D eigenvalue weighted by Crippen LogP contribution is 2.32. The Morgan fingerprint density at radius 1 is 0.880 bits per heavy atom. The van der Waals surface area contributed by atoms with Gasteiger partial charge in [-0.1, -0.05) is 59.6 Å². The molecule has 0 saturated carbocycles. The molecule has 1 heterocycles. The largest absolute Gasteiger partial charge is 0.294 e. The summed E-state index contributed by atoms with van der Waals surface area (Å²) in [5.41, 5.74) is 1.23. The molecule has 0 N–H and O–H groups in total. The van der Waals surface area contributed by atoms with Gasteiger partial charge in [-0.25, -0.2) is 8.42 Å². The lowest BCUT2D eigenvalue weighted by atomic mass is 10.1. The Labute approximate surface area is 159 Å². The Hall–Kier alpha value is -1.11. The molecule has 3 rings (SSSR count). The van der Waals surface area contributed by atoms with Crippen LogP contribution < -0.4 is 0 Å². The van der Waals surface area contributed by atoms with Crippen molar-refractivity contribution in [2.75, 3.05) is 26.2 Å². The first kappa shape index (κ1) is 18.7. The number of piperazine rings is 1. The van der Waals surface area contributed by atoms with Crippen LogP contribution in [0.1, 0.15) is 18.5 Å². The van der Waals surface area contributed by atoms with Crippen molar-refractivity contribution in [1.29, 1.82) is 0 Å². The quantitative estimate of drug-likeness (QED) is 0.779. The summed E-state index contributed by atoms with van der Waals surface area (Å²) in [5.74, 6) is 0. The number of rotatable bonds is 4. The Kier molecular flexibility index (Phi) is 5.71. The number of sulfonamides is 1. The SMILES string of the molecule is C[C@H](c1ccccc1)N1CCN(S(=O)(=O)c2c(Cl)cccc2Cl)CC1. The van der Waals surface area contributed by atoms with Crippen molar-refractivity contribution in [2.45, 2.75) is 17.9 Å². The minimum absolute atomic E-state index is 0.00268. The van der Waals surface area contributed by atoms with Crippen LogP contribution in [0, 0.1) is 0 Å². The van der Waals surface area contributed by atoms with Gasteiger partial charge in [0.2, 0.25) is 10.0 Å². The predicted octanol–water partition coefficient (Wildman–Crippen LogP) is 4.06. The third-order valence-corrected chi connectivity index (χ3v) is 7.47. The van der Waals surface area contributed by atoms with Gasteiger partial charge in [0.25, 0.3) is 0 Å². The van der Waals surface area contributed by atoms with Crippen LogP contribution in [-0.4, -0.2) is 43.8 Å². The molecule has 2 aromatic rings. The summed E-state index contributed by atoms with van der Waals surface area (Å²) in [6.07, 6.45) is 0. The number of halogens is 2. The van der Waals surface area contributed by atoms with Crippen LogP contribution >= 0.6 is 23.2 Å². The van der Waals surface area contributed by atoms with Gasteiger partial charge in [0.1, 0.15) is 4.90 Å². The van der Waals surface area contributed by atoms with Crippen molar-refractivity contribution in [3.05, 3.63) is 64.1 Å². The highest BCUT2D eigenvalue weighted by Gasteiger charge is 2.33. The number of hydrogen-bond acceptors (Lipinski definition) is 3. The van der Waals surface area contributed by atoms with Crippen molar-refractivity contribution >= 4 is 33.2 Å². The summed E-state index contributed by atoms with van der Waals surface area (Å²) in [4.78, 5) is 2.29. The van der Waals surface area contributed by atoms with Crippen molar-refractivity contribution in [2.24, 2.45) is 0 Å². The summed E-state index contributed by atoms with van der Waals surface area (Å²) in [5, 5.41) is 0.320. The molecule has 25 heavy (non-hydrogen) atoms. The van der Waals surface area contributed by atoms with Crippen LogP contribution in [0.25, 0.3) is 0 Å². The topological polar surface area (TPSA) is 40.6 Å². The zero-order valence-corrected chi connectivity index (χ0v) is 16.2. The zero-order valence-electron chi connectivity index (χ0n) is 13.9. The fourth-order valence-electron chi connectivity index (χ4n) is 3.13. The predicted molar refractivity (Wildman–Crippen MR) is 102 cm³/mol. The second-order valence-electron chi connectivity index (χ2n) is 6.08. The molecule has 7 heteroatoms. The third-order valence-electron chi connectivity index (χ3n) is 4.62. The van der Waals surface area contributed by atoms with Gasteiger partial charge in [0, 0.05) is 32.2 Å². The molecule has 0 bridgehead atoms. The van der Waals surface area contributed by atoms with E-state index in [0.717, 1.165) is 0 Å².